The highest BCUT2D eigenvalue weighted by atomic mass is 32.1. The van der Waals surface area contributed by atoms with E-state index in [1.165, 1.54) is 0 Å². The third-order valence-electron chi connectivity index (χ3n) is 1.45. The Labute approximate surface area is 76.6 Å². The quantitative estimate of drug-likeness (QED) is 0.710. The summed E-state index contributed by atoms with van der Waals surface area (Å²) in [6.07, 6.45) is 1.31. The van der Waals surface area contributed by atoms with Crippen molar-refractivity contribution in [3.05, 3.63) is 30.1 Å². The number of pyridine rings is 1. The number of nitrogens with two attached hydrogens (primary N) is 1. The van der Waals surface area contributed by atoms with E-state index < -0.39 is 0 Å². The average Bonchev–Trinajstić information content (AvgIpc) is 2.07. The van der Waals surface area contributed by atoms with Gasteiger partial charge in [0.25, 0.3) is 0 Å². The average molecular weight is 182 g/mol. The van der Waals surface area contributed by atoms with Crippen LogP contribution in [-0.4, -0.2) is 17.1 Å². The highest BCUT2D eigenvalue weighted by molar-refractivity contribution is 7.80. The van der Waals surface area contributed by atoms with Crippen LogP contribution in [0.1, 0.15) is 11.8 Å². The van der Waals surface area contributed by atoms with E-state index in [0.29, 0.717) is 4.99 Å². The van der Waals surface area contributed by atoms with Gasteiger partial charge in [0.2, 0.25) is 0 Å². The van der Waals surface area contributed by atoms with Gasteiger partial charge >= 0.3 is 0 Å². The smallest absolute Gasteiger partial charge is 0.149 e. The van der Waals surface area contributed by atoms with Crippen molar-refractivity contribution in [2.75, 3.05) is 7.11 Å². The summed E-state index contributed by atoms with van der Waals surface area (Å²) in [6.45, 7) is 0. The Morgan fingerprint density at radius 1 is 1.67 bits per heavy atom. The zero-order chi connectivity index (χ0) is 8.97. The number of aromatic nitrogens is 1. The Morgan fingerprint density at radius 2 is 2.42 bits per heavy atom. The van der Waals surface area contributed by atoms with Crippen molar-refractivity contribution in [3.63, 3.8) is 0 Å². The van der Waals surface area contributed by atoms with Gasteiger partial charge in [0.05, 0.1) is 5.69 Å². The maximum atomic E-state index is 5.45. The van der Waals surface area contributed by atoms with Gasteiger partial charge in [0.1, 0.15) is 11.1 Å². The highest BCUT2D eigenvalue weighted by Crippen LogP contribution is 2.12. The van der Waals surface area contributed by atoms with Crippen LogP contribution in [0.3, 0.4) is 0 Å². The molecule has 4 heteroatoms. The Bertz CT molecular complexity index is 263. The highest BCUT2D eigenvalue weighted by Gasteiger charge is 2.13. The second-order valence-corrected chi connectivity index (χ2v) is 2.74. The lowest BCUT2D eigenvalue weighted by Crippen LogP contribution is -2.21. The van der Waals surface area contributed by atoms with E-state index in [2.05, 4.69) is 4.98 Å². The lowest BCUT2D eigenvalue weighted by molar-refractivity contribution is 0.155. The van der Waals surface area contributed by atoms with E-state index in [4.69, 9.17) is 22.7 Å². The van der Waals surface area contributed by atoms with Crippen LogP contribution >= 0.6 is 12.2 Å². The topological polar surface area (TPSA) is 48.1 Å². The molecule has 0 saturated carbocycles. The molecule has 2 N–H and O–H groups in total. The number of hydrogen-bond donors (Lipinski definition) is 1. The fraction of sp³-hybridized carbons (Fsp3) is 0.250. The van der Waals surface area contributed by atoms with Gasteiger partial charge in [-0.1, -0.05) is 18.3 Å². The lowest BCUT2D eigenvalue weighted by atomic mass is 10.2. The fourth-order valence-corrected chi connectivity index (χ4v) is 1.13. The first-order chi connectivity index (χ1) is 5.75. The minimum atomic E-state index is -0.374. The molecule has 12 heavy (non-hydrogen) atoms. The van der Waals surface area contributed by atoms with E-state index in [1.807, 2.05) is 18.2 Å². The summed E-state index contributed by atoms with van der Waals surface area (Å²) in [7, 11) is 1.55. The molecule has 0 amide bonds. The zero-order valence-corrected chi connectivity index (χ0v) is 7.54. The molecular weight excluding hydrogens is 172 g/mol. The molecule has 0 radical (unpaired) electrons. The maximum Gasteiger partial charge on any atom is 0.149 e. The fourth-order valence-electron chi connectivity index (χ4n) is 0.914. The van der Waals surface area contributed by atoms with Crippen LogP contribution < -0.4 is 5.73 Å². The van der Waals surface area contributed by atoms with Crippen molar-refractivity contribution in [2.45, 2.75) is 6.10 Å². The SMILES string of the molecule is COC(C(N)=S)c1ccccn1. The molecule has 0 aromatic carbocycles. The predicted octanol–water partition coefficient (Wildman–Crippen LogP) is 1.06. The molecule has 1 atom stereocenters. The van der Waals surface area contributed by atoms with Crippen LogP contribution in [0.5, 0.6) is 0 Å². The molecule has 3 nitrogen and oxygen atoms in total. The molecule has 1 unspecified atom stereocenters. The summed E-state index contributed by atoms with van der Waals surface area (Å²) in [4.78, 5) is 4.38. The molecular formula is C8H10N2OS. The molecule has 0 aliphatic rings. The van der Waals surface area contributed by atoms with Crippen LogP contribution in [0.2, 0.25) is 0 Å². The van der Waals surface area contributed by atoms with Gasteiger partial charge in [0.15, 0.2) is 0 Å². The molecule has 1 aromatic rings. The summed E-state index contributed by atoms with van der Waals surface area (Å²) in [6, 6.07) is 5.52. The Morgan fingerprint density at radius 3 is 2.83 bits per heavy atom. The Hall–Kier alpha value is -1.00. The first-order valence-electron chi connectivity index (χ1n) is 3.48. The molecule has 1 heterocycles. The summed E-state index contributed by atoms with van der Waals surface area (Å²) in [5, 5.41) is 0. The molecule has 1 rings (SSSR count). The zero-order valence-electron chi connectivity index (χ0n) is 6.73. The van der Waals surface area contributed by atoms with Crippen molar-refractivity contribution in [2.24, 2.45) is 5.73 Å². The summed E-state index contributed by atoms with van der Waals surface area (Å²) in [5.41, 5.74) is 6.19. The number of nitrogens with zero attached hydrogens (tertiary/aromatic N) is 1. The van der Waals surface area contributed by atoms with Crippen LogP contribution in [0.25, 0.3) is 0 Å². The second kappa shape index (κ2) is 4.13. The summed E-state index contributed by atoms with van der Waals surface area (Å²) >= 11 is 4.81. The van der Waals surface area contributed by atoms with Crippen molar-refractivity contribution < 1.29 is 4.74 Å². The first kappa shape index (κ1) is 9.09. The first-order valence-corrected chi connectivity index (χ1v) is 3.89. The molecule has 0 aliphatic heterocycles. The minimum Gasteiger partial charge on any atom is -0.391 e. The number of ether oxygens (including phenoxy) is 1. The minimum absolute atomic E-state index is 0.302. The van der Waals surface area contributed by atoms with Gasteiger partial charge in [-0.2, -0.15) is 0 Å². The van der Waals surface area contributed by atoms with Crippen LogP contribution in [0.4, 0.5) is 0 Å². The van der Waals surface area contributed by atoms with Gasteiger partial charge in [-0.15, -0.1) is 0 Å². The lowest BCUT2D eigenvalue weighted by Gasteiger charge is -2.11. The normalized spacial score (nSPS) is 12.4. The van der Waals surface area contributed by atoms with Gasteiger partial charge in [-0.25, -0.2) is 0 Å². The maximum absolute atomic E-state index is 5.45. The van der Waals surface area contributed by atoms with Crippen molar-refractivity contribution in [3.8, 4) is 0 Å². The van der Waals surface area contributed by atoms with Crippen LogP contribution in [-0.2, 0) is 4.74 Å². The standard InChI is InChI=1S/C8H10N2OS/c1-11-7(8(9)12)6-4-2-3-5-10-6/h2-5,7H,1H3,(H2,9,12). The molecule has 0 fully saturated rings. The third-order valence-corrected chi connectivity index (χ3v) is 1.66. The van der Waals surface area contributed by atoms with Crippen LogP contribution in [0.15, 0.2) is 24.4 Å². The number of hydrogen-bond acceptors (Lipinski definition) is 3. The summed E-state index contributed by atoms with van der Waals surface area (Å²) in [5.74, 6) is 0. The predicted molar refractivity (Wildman–Crippen MR) is 50.8 cm³/mol. The van der Waals surface area contributed by atoms with E-state index in [0.717, 1.165) is 5.69 Å². The molecule has 0 spiro atoms. The van der Waals surface area contributed by atoms with E-state index >= 15 is 0 Å². The van der Waals surface area contributed by atoms with Crippen LogP contribution in [0, 0.1) is 0 Å². The van der Waals surface area contributed by atoms with Gasteiger partial charge in [-0.05, 0) is 12.1 Å². The number of methoxy groups -OCH3 is 1. The largest absolute Gasteiger partial charge is 0.391 e. The second-order valence-electron chi connectivity index (χ2n) is 2.27. The summed E-state index contributed by atoms with van der Waals surface area (Å²) < 4.78 is 5.07. The third kappa shape index (κ3) is 1.99. The van der Waals surface area contributed by atoms with Gasteiger partial charge < -0.3 is 10.5 Å². The molecule has 0 saturated heterocycles. The van der Waals surface area contributed by atoms with Crippen molar-refractivity contribution >= 4 is 17.2 Å². The molecule has 1 aromatic heterocycles. The molecule has 0 bridgehead atoms. The number of rotatable bonds is 3. The Kier molecular flexibility index (Phi) is 3.13. The Balaban J connectivity index is 2.88. The van der Waals surface area contributed by atoms with Gasteiger partial charge in [-0.3, -0.25) is 4.98 Å². The van der Waals surface area contributed by atoms with Crippen molar-refractivity contribution in [1.29, 1.82) is 0 Å². The number of thiocarbonyl (C=S) groups is 1. The molecule has 0 aliphatic carbocycles. The van der Waals surface area contributed by atoms with E-state index in [1.54, 1.807) is 13.3 Å². The molecule has 64 valence electrons. The van der Waals surface area contributed by atoms with Gasteiger partial charge in [0, 0.05) is 13.3 Å². The van der Waals surface area contributed by atoms with E-state index in [-0.39, 0.29) is 6.10 Å². The van der Waals surface area contributed by atoms with E-state index in [9.17, 15) is 0 Å². The van der Waals surface area contributed by atoms with Crippen molar-refractivity contribution in [1.82, 2.24) is 4.98 Å². The monoisotopic (exact) mass is 182 g/mol.